The number of benzene rings is 1. The number of amides is 1. The highest BCUT2D eigenvalue weighted by Gasteiger charge is 2.35. The zero-order chi connectivity index (χ0) is 19.6. The van der Waals surface area contributed by atoms with Gasteiger partial charge in [-0.05, 0) is 54.4 Å². The Kier molecular flexibility index (Phi) is 5.36. The standard InChI is InChI=1S/C19H18F3N3OS/c1-12-9-13(2)25(24-12)17(14-7-8-27-11-14)10-23-18(26)15-5-3-4-6-16(15)19(20,21)22/h3-9,11,17H,10H2,1-2H3,(H,23,26)/t17-/m0/s1. The van der Waals surface area contributed by atoms with Crippen LogP contribution in [0.4, 0.5) is 13.2 Å². The molecule has 3 aromatic rings. The molecule has 1 atom stereocenters. The molecule has 1 aromatic carbocycles. The van der Waals surface area contributed by atoms with Crippen LogP contribution in [0.5, 0.6) is 0 Å². The van der Waals surface area contributed by atoms with Crippen LogP contribution >= 0.6 is 11.3 Å². The van der Waals surface area contributed by atoms with Gasteiger partial charge in [-0.25, -0.2) is 0 Å². The van der Waals surface area contributed by atoms with Gasteiger partial charge in [-0.2, -0.15) is 29.6 Å². The van der Waals surface area contributed by atoms with E-state index in [4.69, 9.17) is 0 Å². The Morgan fingerprint density at radius 3 is 2.59 bits per heavy atom. The molecule has 0 unspecified atom stereocenters. The van der Waals surface area contributed by atoms with Crippen LogP contribution in [-0.4, -0.2) is 22.2 Å². The van der Waals surface area contributed by atoms with Gasteiger partial charge in [-0.15, -0.1) is 0 Å². The van der Waals surface area contributed by atoms with Gasteiger partial charge in [0.25, 0.3) is 5.91 Å². The number of nitrogens with zero attached hydrogens (tertiary/aromatic N) is 2. The van der Waals surface area contributed by atoms with E-state index in [0.717, 1.165) is 23.0 Å². The zero-order valence-corrected chi connectivity index (χ0v) is 15.6. The molecule has 0 aliphatic carbocycles. The van der Waals surface area contributed by atoms with Gasteiger partial charge in [0.05, 0.1) is 22.9 Å². The van der Waals surface area contributed by atoms with Crippen LogP contribution in [0.1, 0.15) is 38.9 Å². The van der Waals surface area contributed by atoms with Gasteiger partial charge in [0.2, 0.25) is 0 Å². The van der Waals surface area contributed by atoms with Gasteiger partial charge in [-0.3, -0.25) is 9.48 Å². The Labute approximate surface area is 158 Å². The van der Waals surface area contributed by atoms with E-state index in [0.29, 0.717) is 0 Å². The molecule has 1 amide bonds. The van der Waals surface area contributed by atoms with Crippen molar-refractivity contribution in [1.82, 2.24) is 15.1 Å². The Hall–Kier alpha value is -2.61. The van der Waals surface area contributed by atoms with Crippen molar-refractivity contribution >= 4 is 17.2 Å². The van der Waals surface area contributed by atoms with Crippen molar-refractivity contribution < 1.29 is 18.0 Å². The van der Waals surface area contributed by atoms with E-state index in [1.54, 1.807) is 4.68 Å². The molecule has 0 aliphatic heterocycles. The summed E-state index contributed by atoms with van der Waals surface area (Å²) in [5, 5.41) is 11.0. The van der Waals surface area contributed by atoms with Gasteiger partial charge in [0, 0.05) is 12.2 Å². The summed E-state index contributed by atoms with van der Waals surface area (Å²) in [5.74, 6) is -0.760. The normalized spacial score (nSPS) is 12.8. The Morgan fingerprint density at radius 1 is 1.26 bits per heavy atom. The smallest absolute Gasteiger partial charge is 0.350 e. The van der Waals surface area contributed by atoms with E-state index < -0.39 is 17.6 Å². The van der Waals surface area contributed by atoms with Crippen molar-refractivity contribution in [3.63, 3.8) is 0 Å². The minimum Gasteiger partial charge on any atom is -0.350 e. The molecule has 1 N–H and O–H groups in total. The molecule has 2 heterocycles. The lowest BCUT2D eigenvalue weighted by Gasteiger charge is -2.20. The molecule has 0 radical (unpaired) electrons. The third-order valence-corrected chi connectivity index (χ3v) is 4.90. The molecule has 0 saturated heterocycles. The number of hydrogen-bond acceptors (Lipinski definition) is 3. The van der Waals surface area contributed by atoms with Crippen LogP contribution in [0.3, 0.4) is 0 Å². The number of hydrogen-bond donors (Lipinski definition) is 1. The predicted octanol–water partition coefficient (Wildman–Crippen LogP) is 4.60. The summed E-state index contributed by atoms with van der Waals surface area (Å²) in [7, 11) is 0. The monoisotopic (exact) mass is 393 g/mol. The Morgan fingerprint density at radius 2 is 2.00 bits per heavy atom. The van der Waals surface area contributed by atoms with Gasteiger partial charge in [0.1, 0.15) is 0 Å². The molecule has 142 valence electrons. The largest absolute Gasteiger partial charge is 0.417 e. The number of carbonyl (C=O) groups is 1. The fraction of sp³-hybridized carbons (Fsp3) is 0.263. The third-order valence-electron chi connectivity index (χ3n) is 4.20. The van der Waals surface area contributed by atoms with Crippen LogP contribution in [0.2, 0.25) is 0 Å². The lowest BCUT2D eigenvalue weighted by molar-refractivity contribution is -0.137. The number of carbonyl (C=O) groups excluding carboxylic acids is 1. The molecule has 0 fully saturated rings. The van der Waals surface area contributed by atoms with Crippen molar-refractivity contribution in [2.45, 2.75) is 26.1 Å². The fourth-order valence-corrected chi connectivity index (χ4v) is 3.69. The van der Waals surface area contributed by atoms with E-state index in [-0.39, 0.29) is 18.2 Å². The lowest BCUT2D eigenvalue weighted by Crippen LogP contribution is -2.33. The van der Waals surface area contributed by atoms with E-state index in [9.17, 15) is 18.0 Å². The lowest BCUT2D eigenvalue weighted by atomic mass is 10.1. The molecule has 8 heteroatoms. The summed E-state index contributed by atoms with van der Waals surface area (Å²) in [6.45, 7) is 3.90. The van der Waals surface area contributed by atoms with Gasteiger partial charge >= 0.3 is 6.18 Å². The van der Waals surface area contributed by atoms with E-state index in [1.807, 2.05) is 36.7 Å². The van der Waals surface area contributed by atoms with Crippen molar-refractivity contribution in [3.8, 4) is 0 Å². The van der Waals surface area contributed by atoms with Crippen molar-refractivity contribution in [2.24, 2.45) is 0 Å². The maximum Gasteiger partial charge on any atom is 0.417 e. The van der Waals surface area contributed by atoms with Crippen LogP contribution in [0.15, 0.2) is 47.2 Å². The van der Waals surface area contributed by atoms with Crippen molar-refractivity contribution in [1.29, 1.82) is 0 Å². The van der Waals surface area contributed by atoms with E-state index in [2.05, 4.69) is 10.4 Å². The predicted molar refractivity (Wildman–Crippen MR) is 97.9 cm³/mol. The fourth-order valence-electron chi connectivity index (χ4n) is 2.98. The second-order valence-electron chi connectivity index (χ2n) is 6.20. The molecule has 2 aromatic heterocycles. The van der Waals surface area contributed by atoms with Gasteiger partial charge in [-0.1, -0.05) is 12.1 Å². The van der Waals surface area contributed by atoms with Crippen molar-refractivity contribution in [3.05, 3.63) is 75.2 Å². The van der Waals surface area contributed by atoms with Crippen LogP contribution < -0.4 is 5.32 Å². The first-order valence-electron chi connectivity index (χ1n) is 8.26. The first-order valence-corrected chi connectivity index (χ1v) is 9.21. The number of aromatic nitrogens is 2. The molecule has 0 saturated carbocycles. The maximum absolute atomic E-state index is 13.2. The van der Waals surface area contributed by atoms with Crippen LogP contribution in [0, 0.1) is 13.8 Å². The SMILES string of the molecule is Cc1cc(C)n([C@@H](CNC(=O)c2ccccc2C(F)(F)F)c2ccsc2)n1. The van der Waals surface area contributed by atoms with Crippen LogP contribution in [0.25, 0.3) is 0 Å². The minimum absolute atomic E-state index is 0.129. The molecule has 4 nitrogen and oxygen atoms in total. The second kappa shape index (κ2) is 7.56. The molecule has 27 heavy (non-hydrogen) atoms. The summed E-state index contributed by atoms with van der Waals surface area (Å²) in [6.07, 6.45) is -4.59. The third kappa shape index (κ3) is 4.21. The average Bonchev–Trinajstić information content (AvgIpc) is 3.24. The molecule has 0 spiro atoms. The molecule has 0 aliphatic rings. The molecule has 3 rings (SSSR count). The van der Waals surface area contributed by atoms with Gasteiger partial charge < -0.3 is 5.32 Å². The molecule has 0 bridgehead atoms. The number of alkyl halides is 3. The highest BCUT2D eigenvalue weighted by Crippen LogP contribution is 2.32. The number of halogens is 3. The first kappa shape index (κ1) is 19.2. The van der Waals surface area contributed by atoms with Crippen molar-refractivity contribution in [2.75, 3.05) is 6.54 Å². The average molecular weight is 393 g/mol. The van der Waals surface area contributed by atoms with E-state index >= 15 is 0 Å². The summed E-state index contributed by atoms with van der Waals surface area (Å²) in [6, 6.07) is 8.31. The summed E-state index contributed by atoms with van der Waals surface area (Å²) in [5.41, 5.74) is 1.36. The number of nitrogens with one attached hydrogen (secondary N) is 1. The summed E-state index contributed by atoms with van der Waals surface area (Å²) in [4.78, 5) is 12.5. The number of rotatable bonds is 5. The van der Waals surface area contributed by atoms with Gasteiger partial charge in [0.15, 0.2) is 0 Å². The highest BCUT2D eigenvalue weighted by atomic mass is 32.1. The minimum atomic E-state index is -4.59. The van der Waals surface area contributed by atoms with E-state index in [1.165, 1.54) is 29.5 Å². The highest BCUT2D eigenvalue weighted by molar-refractivity contribution is 7.08. The Balaban J connectivity index is 1.85. The summed E-state index contributed by atoms with van der Waals surface area (Å²) >= 11 is 1.51. The first-order chi connectivity index (χ1) is 12.8. The zero-order valence-electron chi connectivity index (χ0n) is 14.7. The maximum atomic E-state index is 13.2. The summed E-state index contributed by atoms with van der Waals surface area (Å²) < 4.78 is 41.3. The topological polar surface area (TPSA) is 46.9 Å². The second-order valence-corrected chi connectivity index (χ2v) is 6.98. The molecular weight excluding hydrogens is 375 g/mol. The quantitative estimate of drug-likeness (QED) is 0.689. The number of aryl methyl sites for hydroxylation is 2. The Bertz CT molecular complexity index is 932. The molecular formula is C19H18F3N3OS. The van der Waals surface area contributed by atoms with Crippen LogP contribution in [-0.2, 0) is 6.18 Å². The number of thiophene rings is 1.